The molecule has 0 N–H and O–H groups in total. The molecule has 1 saturated heterocycles. The second-order valence-electron chi connectivity index (χ2n) is 9.78. The lowest BCUT2D eigenvalue weighted by Gasteiger charge is -2.27. The molecule has 0 aliphatic carbocycles. The third-order valence-corrected chi connectivity index (χ3v) is 7.01. The van der Waals surface area contributed by atoms with Crippen LogP contribution in [-0.2, 0) is 17.8 Å². The monoisotopic (exact) mass is 529 g/mol. The van der Waals surface area contributed by atoms with Gasteiger partial charge in [-0.15, -0.1) is 0 Å². The lowest BCUT2D eigenvalue weighted by Crippen LogP contribution is -2.36. The van der Waals surface area contributed by atoms with Crippen LogP contribution in [0.1, 0.15) is 27.4 Å². The minimum absolute atomic E-state index is 0.213. The number of fused-ring (bicyclic) bond motifs is 7. The van der Waals surface area contributed by atoms with Gasteiger partial charge >= 0.3 is 0 Å². The van der Waals surface area contributed by atoms with Gasteiger partial charge in [-0.25, -0.2) is 4.98 Å². The number of amides is 1. The van der Waals surface area contributed by atoms with E-state index >= 15 is 0 Å². The van der Waals surface area contributed by atoms with E-state index in [1.165, 1.54) is 0 Å². The van der Waals surface area contributed by atoms with Gasteiger partial charge in [0.1, 0.15) is 18.2 Å². The number of morpholine rings is 1. The summed E-state index contributed by atoms with van der Waals surface area (Å²) in [6.07, 6.45) is 3.75. The number of methoxy groups -OCH3 is 1. The van der Waals surface area contributed by atoms with E-state index in [1.807, 2.05) is 24.4 Å². The largest absolute Gasteiger partial charge is 0.493 e. The molecule has 10 heteroatoms. The van der Waals surface area contributed by atoms with E-state index < -0.39 is 0 Å². The van der Waals surface area contributed by atoms with E-state index in [1.54, 1.807) is 31.2 Å². The van der Waals surface area contributed by atoms with E-state index in [9.17, 15) is 4.79 Å². The highest BCUT2D eigenvalue weighted by Crippen LogP contribution is 2.33. The minimum atomic E-state index is -0.213. The van der Waals surface area contributed by atoms with Crippen molar-refractivity contribution >= 4 is 5.91 Å². The number of hydrogen-bond acceptors (Lipinski definition) is 8. The second kappa shape index (κ2) is 10.9. The first kappa shape index (κ1) is 25.1. The maximum absolute atomic E-state index is 13.5. The molecule has 1 fully saturated rings. The Bertz CT molecular complexity index is 1470. The number of carbonyl (C=O) groups excluding carboxylic acids is 1. The van der Waals surface area contributed by atoms with Crippen molar-refractivity contribution in [2.24, 2.45) is 0 Å². The number of ether oxygens (including phenoxy) is 3. The van der Waals surface area contributed by atoms with Crippen molar-refractivity contribution in [1.29, 1.82) is 0 Å². The molecule has 39 heavy (non-hydrogen) atoms. The first-order valence-electron chi connectivity index (χ1n) is 13.1. The van der Waals surface area contributed by atoms with E-state index in [-0.39, 0.29) is 18.2 Å². The fraction of sp³-hybridized carbons (Fsp3) is 0.345. The SMILES string of the molecule is COc1ccc2cc1OCCN(C(=O)c1cc(C)on1)Cc1cc(CN3CCOCC3)cc(c1)-n1ccnc1-2. The van der Waals surface area contributed by atoms with Gasteiger partial charge in [0, 0.05) is 55.9 Å². The Labute approximate surface area is 226 Å². The number of aryl methyl sites for hydroxylation is 1. The fourth-order valence-corrected chi connectivity index (χ4v) is 5.10. The van der Waals surface area contributed by atoms with Crippen molar-refractivity contribution in [1.82, 2.24) is 24.5 Å². The van der Waals surface area contributed by atoms with Crippen LogP contribution in [0.2, 0.25) is 0 Å². The zero-order valence-electron chi connectivity index (χ0n) is 22.1. The zero-order chi connectivity index (χ0) is 26.8. The van der Waals surface area contributed by atoms with E-state index in [4.69, 9.17) is 18.7 Å². The lowest BCUT2D eigenvalue weighted by molar-refractivity contribution is 0.0341. The molecule has 0 radical (unpaired) electrons. The van der Waals surface area contributed by atoms with E-state index in [0.29, 0.717) is 30.3 Å². The summed E-state index contributed by atoms with van der Waals surface area (Å²) in [7, 11) is 1.61. The third-order valence-electron chi connectivity index (χ3n) is 7.01. The Kier molecular flexibility index (Phi) is 7.04. The van der Waals surface area contributed by atoms with Gasteiger partial charge in [0.2, 0.25) is 0 Å². The first-order chi connectivity index (χ1) is 19.1. The van der Waals surface area contributed by atoms with Crippen LogP contribution in [0.25, 0.3) is 17.1 Å². The summed E-state index contributed by atoms with van der Waals surface area (Å²) in [5.74, 6) is 2.37. The molecule has 2 aromatic carbocycles. The smallest absolute Gasteiger partial charge is 0.276 e. The van der Waals surface area contributed by atoms with Crippen molar-refractivity contribution in [3.8, 4) is 28.6 Å². The number of benzene rings is 2. The molecule has 2 aliphatic heterocycles. The van der Waals surface area contributed by atoms with E-state index in [0.717, 1.165) is 61.1 Å². The standard InChI is InChI=1S/C29H31N5O5/c1-20-13-25(31-39-20)29(35)33-9-12-38-27-17-23(3-4-26(27)36-2)28-30-5-6-34(28)24-15-21(14-22(16-24)19-33)18-32-7-10-37-11-8-32/h3-6,13-17H,7-12,18-19H2,1-2H3. The number of imidazole rings is 1. The maximum atomic E-state index is 13.5. The van der Waals surface area contributed by atoms with Crippen molar-refractivity contribution in [2.75, 3.05) is 46.6 Å². The summed E-state index contributed by atoms with van der Waals surface area (Å²) in [6, 6.07) is 13.9. The molecule has 4 heterocycles. The van der Waals surface area contributed by atoms with Crippen molar-refractivity contribution < 1.29 is 23.5 Å². The topological polar surface area (TPSA) is 95.1 Å². The minimum Gasteiger partial charge on any atom is -0.493 e. The van der Waals surface area contributed by atoms with Gasteiger partial charge < -0.3 is 23.6 Å². The van der Waals surface area contributed by atoms with Crippen molar-refractivity contribution in [3.63, 3.8) is 0 Å². The molecule has 2 aliphatic rings. The number of hydrogen-bond donors (Lipinski definition) is 0. The van der Waals surface area contributed by atoms with Crippen LogP contribution in [-0.4, -0.2) is 77.0 Å². The summed E-state index contributed by atoms with van der Waals surface area (Å²) in [5, 5.41) is 3.97. The summed E-state index contributed by atoms with van der Waals surface area (Å²) < 4.78 is 24.5. The third kappa shape index (κ3) is 5.39. The van der Waals surface area contributed by atoms with Crippen LogP contribution < -0.4 is 9.47 Å². The molecule has 0 atom stereocenters. The predicted molar refractivity (Wildman–Crippen MR) is 143 cm³/mol. The predicted octanol–water partition coefficient (Wildman–Crippen LogP) is 3.71. The molecule has 10 nitrogen and oxygen atoms in total. The molecule has 202 valence electrons. The van der Waals surface area contributed by atoms with Gasteiger partial charge in [0.25, 0.3) is 5.91 Å². The van der Waals surface area contributed by atoms with E-state index in [2.05, 4.69) is 37.8 Å². The molecule has 4 aromatic rings. The van der Waals surface area contributed by atoms with Crippen LogP contribution >= 0.6 is 0 Å². The Hall–Kier alpha value is -4.15. The first-order valence-corrected chi connectivity index (χ1v) is 13.1. The molecule has 0 spiro atoms. The van der Waals surface area contributed by atoms with Crippen LogP contribution in [0.5, 0.6) is 11.5 Å². The van der Waals surface area contributed by atoms with Gasteiger partial charge in [-0.2, -0.15) is 0 Å². The normalized spacial score (nSPS) is 15.9. The average Bonchev–Trinajstić information content (AvgIpc) is 3.62. The van der Waals surface area contributed by atoms with Gasteiger partial charge in [-0.05, 0) is 48.4 Å². The van der Waals surface area contributed by atoms with Crippen molar-refractivity contribution in [3.05, 3.63) is 77.4 Å². The summed E-state index contributed by atoms with van der Waals surface area (Å²) in [5.41, 5.74) is 4.33. The zero-order valence-corrected chi connectivity index (χ0v) is 22.1. The Morgan fingerprint density at radius 2 is 1.92 bits per heavy atom. The molecule has 0 unspecified atom stereocenters. The number of rotatable bonds is 4. The average molecular weight is 530 g/mol. The summed E-state index contributed by atoms with van der Waals surface area (Å²) in [6.45, 7) is 6.82. The van der Waals surface area contributed by atoms with Crippen molar-refractivity contribution in [2.45, 2.75) is 20.0 Å². The summed E-state index contributed by atoms with van der Waals surface area (Å²) >= 11 is 0. The number of aromatic nitrogens is 3. The van der Waals surface area contributed by atoms with Crippen LogP contribution in [0.3, 0.4) is 0 Å². The molecule has 4 bridgehead atoms. The second-order valence-corrected chi connectivity index (χ2v) is 9.78. The summed E-state index contributed by atoms with van der Waals surface area (Å²) in [4.78, 5) is 22.4. The van der Waals surface area contributed by atoms with Gasteiger partial charge in [0.05, 0.1) is 26.9 Å². The molecule has 6 rings (SSSR count). The highest BCUT2D eigenvalue weighted by Gasteiger charge is 2.22. The molecule has 0 saturated carbocycles. The van der Waals surface area contributed by atoms with Crippen LogP contribution in [0.15, 0.2) is 59.4 Å². The molecule has 2 aromatic heterocycles. The quantitative estimate of drug-likeness (QED) is 0.395. The van der Waals surface area contributed by atoms with Gasteiger partial charge in [0.15, 0.2) is 17.2 Å². The van der Waals surface area contributed by atoms with Gasteiger partial charge in [-0.3, -0.25) is 14.3 Å². The molecular formula is C29H31N5O5. The highest BCUT2D eigenvalue weighted by atomic mass is 16.5. The molecule has 1 amide bonds. The fourth-order valence-electron chi connectivity index (χ4n) is 5.10. The molecular weight excluding hydrogens is 498 g/mol. The maximum Gasteiger partial charge on any atom is 0.276 e. The Balaban J connectivity index is 1.44. The highest BCUT2D eigenvalue weighted by molar-refractivity contribution is 5.92. The Morgan fingerprint density at radius 1 is 1.05 bits per heavy atom. The Morgan fingerprint density at radius 3 is 2.72 bits per heavy atom. The number of carbonyl (C=O) groups is 1. The number of nitrogens with zero attached hydrogens (tertiary/aromatic N) is 5. The van der Waals surface area contributed by atoms with Crippen LogP contribution in [0.4, 0.5) is 0 Å². The van der Waals surface area contributed by atoms with Gasteiger partial charge in [-0.1, -0.05) is 11.2 Å². The van der Waals surface area contributed by atoms with Crippen LogP contribution in [0, 0.1) is 6.92 Å². The lowest BCUT2D eigenvalue weighted by atomic mass is 10.1.